The lowest BCUT2D eigenvalue weighted by Gasteiger charge is -2.26. The third-order valence-electron chi connectivity index (χ3n) is 2.91. The Kier molecular flexibility index (Phi) is 5.12. The minimum atomic E-state index is 0.232. The van der Waals surface area contributed by atoms with Crippen molar-refractivity contribution in [1.82, 2.24) is 4.90 Å². The van der Waals surface area contributed by atoms with E-state index in [0.29, 0.717) is 5.78 Å². The second kappa shape index (κ2) is 6.14. The molecule has 1 aliphatic rings. The van der Waals surface area contributed by atoms with Crippen molar-refractivity contribution < 1.29 is 9.53 Å². The molecule has 1 aliphatic heterocycles. The number of Topliss-reactive ketones (excluding diaryl/α,β-unsaturated/α-hetero) is 1. The Balaban J connectivity index is 2.05. The summed E-state index contributed by atoms with van der Waals surface area (Å²) < 4.78 is 5.27. The van der Waals surface area contributed by atoms with E-state index < -0.39 is 0 Å². The molecule has 0 spiro atoms. The number of ether oxygens (including phenoxy) is 1. The lowest BCUT2D eigenvalue weighted by molar-refractivity contribution is -0.120. The molecular weight excluding hydrogens is 178 g/mol. The molecule has 0 radical (unpaired) electrons. The first-order valence-corrected chi connectivity index (χ1v) is 5.50. The van der Waals surface area contributed by atoms with Gasteiger partial charge in [0.2, 0.25) is 0 Å². The number of rotatable bonds is 5. The molecule has 0 unspecified atom stereocenters. The van der Waals surface area contributed by atoms with Crippen LogP contribution in [0.4, 0.5) is 0 Å². The Hall–Kier alpha value is -0.410. The minimum absolute atomic E-state index is 0.232. The molecular formula is C11H21NO2. The number of morpholine rings is 1. The van der Waals surface area contributed by atoms with Gasteiger partial charge < -0.3 is 4.74 Å². The quantitative estimate of drug-likeness (QED) is 0.669. The number of hydrogen-bond acceptors (Lipinski definition) is 3. The van der Waals surface area contributed by atoms with Gasteiger partial charge >= 0.3 is 0 Å². The van der Waals surface area contributed by atoms with Gasteiger partial charge in [0.25, 0.3) is 0 Å². The highest BCUT2D eigenvalue weighted by molar-refractivity contribution is 5.77. The maximum absolute atomic E-state index is 11.0. The van der Waals surface area contributed by atoms with E-state index in [1.165, 1.54) is 0 Å². The molecule has 1 heterocycles. The van der Waals surface area contributed by atoms with Crippen LogP contribution in [0.3, 0.4) is 0 Å². The fourth-order valence-corrected chi connectivity index (χ4v) is 1.65. The van der Waals surface area contributed by atoms with Crippen molar-refractivity contribution in [3.05, 3.63) is 0 Å². The van der Waals surface area contributed by atoms with Crippen molar-refractivity contribution in [2.24, 2.45) is 5.92 Å². The Labute approximate surface area is 86.4 Å². The Morgan fingerprint density at radius 1 is 1.43 bits per heavy atom. The van der Waals surface area contributed by atoms with Gasteiger partial charge in [-0.05, 0) is 26.3 Å². The highest BCUT2D eigenvalue weighted by atomic mass is 16.5. The van der Waals surface area contributed by atoms with Crippen LogP contribution >= 0.6 is 0 Å². The zero-order valence-corrected chi connectivity index (χ0v) is 9.29. The number of carbonyl (C=O) groups excluding carboxylic acids is 1. The smallest absolute Gasteiger partial charge is 0.132 e. The van der Waals surface area contributed by atoms with Crippen molar-refractivity contribution >= 4 is 5.78 Å². The molecule has 1 rings (SSSR count). The fraction of sp³-hybridized carbons (Fsp3) is 0.909. The maximum atomic E-state index is 11.0. The van der Waals surface area contributed by atoms with Crippen LogP contribution < -0.4 is 0 Å². The highest BCUT2D eigenvalue weighted by Gasteiger charge is 2.11. The Bertz CT molecular complexity index is 176. The number of hydrogen-bond donors (Lipinski definition) is 0. The first kappa shape index (κ1) is 11.7. The van der Waals surface area contributed by atoms with Crippen molar-refractivity contribution in [3.8, 4) is 0 Å². The normalized spacial score (nSPS) is 20.7. The van der Waals surface area contributed by atoms with E-state index in [4.69, 9.17) is 4.74 Å². The molecule has 0 aromatic heterocycles. The van der Waals surface area contributed by atoms with E-state index in [1.54, 1.807) is 6.92 Å². The molecule has 0 bridgehead atoms. The van der Waals surface area contributed by atoms with Crippen molar-refractivity contribution in [2.75, 3.05) is 32.8 Å². The number of carbonyl (C=O) groups is 1. The highest BCUT2D eigenvalue weighted by Crippen LogP contribution is 2.08. The topological polar surface area (TPSA) is 29.5 Å². The summed E-state index contributed by atoms with van der Waals surface area (Å²) in [5.41, 5.74) is 0. The lowest BCUT2D eigenvalue weighted by atomic mass is 10.0. The summed E-state index contributed by atoms with van der Waals surface area (Å²) in [6.07, 6.45) is 2.15. The van der Waals surface area contributed by atoms with Crippen LogP contribution in [-0.4, -0.2) is 43.5 Å². The predicted molar refractivity (Wildman–Crippen MR) is 56.3 cm³/mol. The summed E-state index contributed by atoms with van der Waals surface area (Å²) in [6.45, 7) is 8.63. The Morgan fingerprint density at radius 2 is 2.07 bits per heavy atom. The van der Waals surface area contributed by atoms with E-state index in [2.05, 4.69) is 4.90 Å². The molecule has 1 saturated heterocycles. The molecule has 0 aromatic carbocycles. The average Bonchev–Trinajstić information content (AvgIpc) is 2.19. The van der Waals surface area contributed by atoms with Gasteiger partial charge in [0.15, 0.2) is 0 Å². The monoisotopic (exact) mass is 199 g/mol. The van der Waals surface area contributed by atoms with Gasteiger partial charge in [-0.25, -0.2) is 0 Å². The van der Waals surface area contributed by atoms with E-state index in [9.17, 15) is 4.79 Å². The molecule has 3 nitrogen and oxygen atoms in total. The van der Waals surface area contributed by atoms with Gasteiger partial charge in [0.05, 0.1) is 13.2 Å². The summed E-state index contributed by atoms with van der Waals surface area (Å²) in [5, 5.41) is 0. The average molecular weight is 199 g/mol. The van der Waals surface area contributed by atoms with Crippen LogP contribution in [0.2, 0.25) is 0 Å². The third-order valence-corrected chi connectivity index (χ3v) is 2.91. The SMILES string of the molecule is CC(=O)[C@@H](C)CCCN1CCOCC1. The van der Waals surface area contributed by atoms with Crippen LogP contribution in [0.25, 0.3) is 0 Å². The van der Waals surface area contributed by atoms with E-state index in [0.717, 1.165) is 45.7 Å². The molecule has 82 valence electrons. The second-order valence-corrected chi connectivity index (χ2v) is 4.11. The van der Waals surface area contributed by atoms with Crippen LogP contribution in [-0.2, 0) is 9.53 Å². The van der Waals surface area contributed by atoms with Crippen molar-refractivity contribution in [1.29, 1.82) is 0 Å². The van der Waals surface area contributed by atoms with Crippen LogP contribution in [0.15, 0.2) is 0 Å². The standard InChI is InChI=1S/C11H21NO2/c1-10(11(2)13)4-3-5-12-6-8-14-9-7-12/h10H,3-9H2,1-2H3/t10-/m0/s1. The van der Waals surface area contributed by atoms with Gasteiger partial charge in [0, 0.05) is 19.0 Å². The van der Waals surface area contributed by atoms with Crippen LogP contribution in [0.5, 0.6) is 0 Å². The largest absolute Gasteiger partial charge is 0.379 e. The van der Waals surface area contributed by atoms with Crippen molar-refractivity contribution in [3.63, 3.8) is 0 Å². The second-order valence-electron chi connectivity index (χ2n) is 4.11. The van der Waals surface area contributed by atoms with Crippen molar-refractivity contribution in [2.45, 2.75) is 26.7 Å². The molecule has 1 atom stereocenters. The number of ketones is 1. The van der Waals surface area contributed by atoms with Gasteiger partial charge in [-0.2, -0.15) is 0 Å². The van der Waals surface area contributed by atoms with E-state index >= 15 is 0 Å². The molecule has 0 aromatic rings. The fourth-order valence-electron chi connectivity index (χ4n) is 1.65. The molecule has 14 heavy (non-hydrogen) atoms. The molecule has 0 amide bonds. The van der Waals surface area contributed by atoms with Gasteiger partial charge in [-0.15, -0.1) is 0 Å². The summed E-state index contributed by atoms with van der Waals surface area (Å²) in [4.78, 5) is 13.4. The summed E-state index contributed by atoms with van der Waals surface area (Å²) >= 11 is 0. The molecule has 1 fully saturated rings. The van der Waals surface area contributed by atoms with E-state index in [1.807, 2.05) is 6.92 Å². The molecule has 0 N–H and O–H groups in total. The van der Waals surface area contributed by atoms with Gasteiger partial charge in [-0.3, -0.25) is 9.69 Å². The van der Waals surface area contributed by atoms with Gasteiger partial charge in [-0.1, -0.05) is 6.92 Å². The zero-order valence-electron chi connectivity index (χ0n) is 9.29. The summed E-state index contributed by atoms with van der Waals surface area (Å²) in [7, 11) is 0. The zero-order chi connectivity index (χ0) is 10.4. The van der Waals surface area contributed by atoms with Gasteiger partial charge in [0.1, 0.15) is 5.78 Å². The summed E-state index contributed by atoms with van der Waals surface area (Å²) in [5.74, 6) is 0.544. The summed E-state index contributed by atoms with van der Waals surface area (Å²) in [6, 6.07) is 0. The predicted octanol–water partition coefficient (Wildman–Crippen LogP) is 1.32. The first-order chi connectivity index (χ1) is 6.70. The Morgan fingerprint density at radius 3 is 2.64 bits per heavy atom. The lowest BCUT2D eigenvalue weighted by Crippen LogP contribution is -2.37. The maximum Gasteiger partial charge on any atom is 0.132 e. The van der Waals surface area contributed by atoms with Crippen LogP contribution in [0, 0.1) is 5.92 Å². The van der Waals surface area contributed by atoms with E-state index in [-0.39, 0.29) is 5.92 Å². The third kappa shape index (κ3) is 4.20. The van der Waals surface area contributed by atoms with Crippen LogP contribution in [0.1, 0.15) is 26.7 Å². The molecule has 3 heteroatoms. The first-order valence-electron chi connectivity index (χ1n) is 5.50. The molecule has 0 aliphatic carbocycles. The minimum Gasteiger partial charge on any atom is -0.379 e. The number of nitrogens with zero attached hydrogens (tertiary/aromatic N) is 1. The molecule has 0 saturated carbocycles.